The first-order valence-electron chi connectivity index (χ1n) is 12.8. The summed E-state index contributed by atoms with van der Waals surface area (Å²) in [4.78, 5) is 28.8. The monoisotopic (exact) mass is 547 g/mol. The fourth-order valence-corrected chi connectivity index (χ4v) is 7.14. The lowest BCUT2D eigenvalue weighted by atomic mass is 9.88. The number of nitrogens with zero attached hydrogens (tertiary/aromatic N) is 5. The maximum Gasteiger partial charge on any atom is 0.341 e. The van der Waals surface area contributed by atoms with Crippen molar-refractivity contribution in [3.05, 3.63) is 60.6 Å². The number of nitrogens with two attached hydrogens (primary N) is 1. The highest BCUT2D eigenvalue weighted by molar-refractivity contribution is 7.91. The van der Waals surface area contributed by atoms with E-state index < -0.39 is 9.84 Å². The Bertz CT molecular complexity index is 1640. The van der Waals surface area contributed by atoms with Gasteiger partial charge in [-0.2, -0.15) is 9.61 Å². The molecule has 2 unspecified atom stereocenters. The van der Waals surface area contributed by atoms with Gasteiger partial charge in [0.1, 0.15) is 10.7 Å². The van der Waals surface area contributed by atoms with Gasteiger partial charge < -0.3 is 10.6 Å². The molecule has 2 fully saturated rings. The zero-order valence-corrected chi connectivity index (χ0v) is 22.4. The standard InChI is InChI=1S/C27H29N7O4S/c1-38-32-27(35)33-19-9-10-20(33)13-18(12-19)23-24(39(2,36)37)25(28)34-26(31-23)21(15-30-34)17-8-11-22(29-14-17)16-6-4-3-5-7-16/h3-8,11,14-15,18-20H,9-10,12-13,28H2,1-2H3,(H,32,35). The van der Waals surface area contributed by atoms with Crippen molar-refractivity contribution in [1.29, 1.82) is 0 Å². The lowest BCUT2D eigenvalue weighted by molar-refractivity contribution is 0.0650. The molecule has 2 atom stereocenters. The number of hydrogen-bond acceptors (Lipinski definition) is 8. The van der Waals surface area contributed by atoms with Crippen LogP contribution < -0.4 is 11.2 Å². The van der Waals surface area contributed by atoms with Gasteiger partial charge in [-0.05, 0) is 31.7 Å². The van der Waals surface area contributed by atoms with Crippen molar-refractivity contribution in [3.8, 4) is 22.4 Å². The number of carbonyl (C=O) groups excluding carboxylic acids is 1. The number of sulfone groups is 1. The van der Waals surface area contributed by atoms with Crippen molar-refractivity contribution in [1.82, 2.24) is 30.0 Å². The van der Waals surface area contributed by atoms with Crippen LogP contribution in [0, 0.1) is 0 Å². The van der Waals surface area contributed by atoms with E-state index in [1.54, 1.807) is 12.4 Å². The molecular weight excluding hydrogens is 518 g/mol. The Morgan fingerprint density at radius 3 is 2.38 bits per heavy atom. The zero-order chi connectivity index (χ0) is 27.3. The van der Waals surface area contributed by atoms with Gasteiger partial charge in [0.15, 0.2) is 15.5 Å². The van der Waals surface area contributed by atoms with E-state index in [0.717, 1.165) is 35.9 Å². The second kappa shape index (κ2) is 9.62. The van der Waals surface area contributed by atoms with Crippen LogP contribution in [0.4, 0.5) is 10.6 Å². The minimum atomic E-state index is -3.72. The predicted molar refractivity (Wildman–Crippen MR) is 145 cm³/mol. The third-order valence-corrected chi connectivity index (χ3v) is 8.88. The molecule has 2 aliphatic heterocycles. The van der Waals surface area contributed by atoms with Crippen molar-refractivity contribution >= 4 is 27.3 Å². The predicted octanol–water partition coefficient (Wildman–Crippen LogP) is 3.43. The number of amides is 2. The van der Waals surface area contributed by atoms with Crippen LogP contribution in [0.15, 0.2) is 59.8 Å². The third-order valence-electron chi connectivity index (χ3n) is 7.72. The average Bonchev–Trinajstić information content (AvgIpc) is 3.47. The van der Waals surface area contributed by atoms with Crippen LogP contribution in [0.5, 0.6) is 0 Å². The molecule has 2 bridgehead atoms. The molecule has 0 radical (unpaired) electrons. The average molecular weight is 548 g/mol. The van der Waals surface area contributed by atoms with E-state index in [2.05, 4.69) is 15.6 Å². The number of piperidine rings is 1. The molecule has 2 saturated heterocycles. The van der Waals surface area contributed by atoms with Gasteiger partial charge in [0.05, 0.1) is 24.7 Å². The summed E-state index contributed by atoms with van der Waals surface area (Å²) in [7, 11) is -2.32. The Kier molecular flexibility index (Phi) is 6.23. The van der Waals surface area contributed by atoms with Crippen LogP contribution in [-0.4, -0.2) is 64.4 Å². The summed E-state index contributed by atoms with van der Waals surface area (Å²) in [5, 5.41) is 4.40. The fourth-order valence-electron chi connectivity index (χ4n) is 6.08. The van der Waals surface area contributed by atoms with Gasteiger partial charge in [0.2, 0.25) is 0 Å². The Labute approximate surface area is 225 Å². The van der Waals surface area contributed by atoms with Crippen LogP contribution in [0.1, 0.15) is 37.3 Å². The third kappa shape index (κ3) is 4.39. The van der Waals surface area contributed by atoms with Crippen LogP contribution in [0.25, 0.3) is 28.0 Å². The summed E-state index contributed by atoms with van der Waals surface area (Å²) in [6.07, 6.45) is 7.36. The summed E-state index contributed by atoms with van der Waals surface area (Å²) in [5.41, 5.74) is 13.1. The number of nitrogens with one attached hydrogen (secondary N) is 1. The van der Waals surface area contributed by atoms with Gasteiger partial charge in [-0.3, -0.25) is 9.82 Å². The number of hydrogen-bond donors (Lipinski definition) is 2. The number of anilines is 1. The van der Waals surface area contributed by atoms with Crippen molar-refractivity contribution in [2.45, 2.75) is 48.6 Å². The smallest absolute Gasteiger partial charge is 0.341 e. The van der Waals surface area contributed by atoms with E-state index in [9.17, 15) is 13.2 Å². The first-order valence-corrected chi connectivity index (χ1v) is 14.7. The molecule has 39 heavy (non-hydrogen) atoms. The lowest BCUT2D eigenvalue weighted by Gasteiger charge is -2.38. The van der Waals surface area contributed by atoms with E-state index in [1.807, 2.05) is 47.4 Å². The molecular formula is C27H29N7O4S. The molecule has 3 N–H and O–H groups in total. The second-order valence-corrected chi connectivity index (χ2v) is 12.1. The number of benzene rings is 1. The van der Waals surface area contributed by atoms with E-state index in [1.165, 1.54) is 11.6 Å². The van der Waals surface area contributed by atoms with Gasteiger partial charge in [-0.15, -0.1) is 0 Å². The first kappa shape index (κ1) is 25.3. The fraction of sp³-hybridized carbons (Fsp3) is 0.333. The molecule has 4 aromatic rings. The number of hydroxylamine groups is 1. The van der Waals surface area contributed by atoms with Crippen LogP contribution in [-0.2, 0) is 14.7 Å². The molecule has 3 aromatic heterocycles. The lowest BCUT2D eigenvalue weighted by Crippen LogP contribution is -2.50. The molecule has 0 aliphatic carbocycles. The molecule has 0 spiro atoms. The molecule has 2 aliphatic rings. The Morgan fingerprint density at radius 1 is 1.05 bits per heavy atom. The highest BCUT2D eigenvalue weighted by Crippen LogP contribution is 2.45. The Balaban J connectivity index is 1.42. The van der Waals surface area contributed by atoms with E-state index in [-0.39, 0.29) is 34.7 Å². The number of fused-ring (bicyclic) bond motifs is 3. The minimum Gasteiger partial charge on any atom is -0.382 e. The highest BCUT2D eigenvalue weighted by atomic mass is 32.2. The summed E-state index contributed by atoms with van der Waals surface area (Å²) >= 11 is 0. The summed E-state index contributed by atoms with van der Waals surface area (Å²) in [6, 6.07) is 13.4. The molecule has 6 rings (SSSR count). The van der Waals surface area contributed by atoms with Crippen molar-refractivity contribution in [2.24, 2.45) is 0 Å². The summed E-state index contributed by atoms with van der Waals surface area (Å²) in [6.45, 7) is 0. The number of nitrogen functional groups attached to an aromatic ring is 1. The molecule has 202 valence electrons. The van der Waals surface area contributed by atoms with Crippen molar-refractivity contribution < 1.29 is 18.0 Å². The van der Waals surface area contributed by atoms with Crippen molar-refractivity contribution in [3.63, 3.8) is 0 Å². The van der Waals surface area contributed by atoms with Gasteiger partial charge in [0.25, 0.3) is 0 Å². The maximum atomic E-state index is 13.0. The van der Waals surface area contributed by atoms with Gasteiger partial charge in [-0.1, -0.05) is 36.4 Å². The van der Waals surface area contributed by atoms with Crippen LogP contribution >= 0.6 is 0 Å². The maximum absolute atomic E-state index is 13.0. The molecule has 5 heterocycles. The van der Waals surface area contributed by atoms with Crippen LogP contribution in [0.3, 0.4) is 0 Å². The number of rotatable bonds is 5. The normalized spacial score (nSPS) is 20.9. The quantitative estimate of drug-likeness (QED) is 0.362. The van der Waals surface area contributed by atoms with Crippen LogP contribution in [0.2, 0.25) is 0 Å². The summed E-state index contributed by atoms with van der Waals surface area (Å²) < 4.78 is 27.4. The first-order chi connectivity index (χ1) is 18.8. The minimum absolute atomic E-state index is 0.00129. The highest BCUT2D eigenvalue weighted by Gasteiger charge is 2.45. The second-order valence-electron chi connectivity index (χ2n) is 10.1. The number of urea groups is 1. The van der Waals surface area contributed by atoms with E-state index in [4.69, 9.17) is 15.6 Å². The number of pyridine rings is 1. The van der Waals surface area contributed by atoms with E-state index in [0.29, 0.717) is 29.7 Å². The molecule has 2 amide bonds. The van der Waals surface area contributed by atoms with Crippen molar-refractivity contribution in [2.75, 3.05) is 19.1 Å². The van der Waals surface area contributed by atoms with Gasteiger partial charge in [-0.25, -0.2) is 23.7 Å². The number of carbonyl (C=O) groups is 1. The molecule has 11 nitrogen and oxygen atoms in total. The Morgan fingerprint density at radius 2 is 1.77 bits per heavy atom. The zero-order valence-electron chi connectivity index (χ0n) is 21.6. The molecule has 1 aromatic carbocycles. The SMILES string of the molecule is CONC(=O)N1C2CCC1CC(c1nc3c(-c4ccc(-c5ccccc5)nc4)cnn3c(N)c1S(C)(=O)=O)C2. The topological polar surface area (TPSA) is 145 Å². The summed E-state index contributed by atoms with van der Waals surface area (Å²) in [5.74, 6) is -0.156. The Hall–Kier alpha value is -4.03. The van der Waals surface area contributed by atoms with Gasteiger partial charge in [0, 0.05) is 47.1 Å². The van der Waals surface area contributed by atoms with Gasteiger partial charge >= 0.3 is 6.03 Å². The molecule has 12 heteroatoms. The van der Waals surface area contributed by atoms with E-state index >= 15 is 0 Å². The number of aromatic nitrogens is 4. The molecule has 0 saturated carbocycles. The largest absolute Gasteiger partial charge is 0.382 e.